The van der Waals surface area contributed by atoms with Crippen molar-refractivity contribution in [3.05, 3.63) is 35.5 Å². The summed E-state index contributed by atoms with van der Waals surface area (Å²) in [6.45, 7) is 0. The van der Waals surface area contributed by atoms with Gasteiger partial charge in [-0.1, -0.05) is 11.3 Å². The highest BCUT2D eigenvalue weighted by molar-refractivity contribution is 5.99. The zero-order chi connectivity index (χ0) is 13.2. The van der Waals surface area contributed by atoms with E-state index in [9.17, 15) is 4.79 Å². The number of carbonyl (C=O) groups excluding carboxylic acids is 1. The normalized spacial score (nSPS) is 13.1. The third kappa shape index (κ3) is 2.57. The van der Waals surface area contributed by atoms with Crippen molar-refractivity contribution in [3.63, 3.8) is 0 Å². The summed E-state index contributed by atoms with van der Waals surface area (Å²) < 4.78 is 1.53. The number of hydrogen-bond donors (Lipinski definition) is 2. The fourth-order valence-electron chi connectivity index (χ4n) is 2.33. The third-order valence-electron chi connectivity index (χ3n) is 3.20. The fraction of sp³-hybridized carbons (Fsp3) is 0.308. The smallest absolute Gasteiger partial charge is 0.308 e. The van der Waals surface area contributed by atoms with Crippen LogP contribution in [-0.2, 0) is 19.9 Å². The van der Waals surface area contributed by atoms with Gasteiger partial charge in [-0.25, -0.2) is 4.79 Å². The van der Waals surface area contributed by atoms with E-state index < -0.39 is 0 Å². The van der Waals surface area contributed by atoms with Gasteiger partial charge in [0.15, 0.2) is 5.82 Å². The molecule has 0 atom stereocenters. The van der Waals surface area contributed by atoms with Crippen LogP contribution in [0.4, 0.5) is 16.3 Å². The first-order chi connectivity index (χ1) is 9.20. The number of benzene rings is 1. The van der Waals surface area contributed by atoms with Gasteiger partial charge in [-0.15, -0.1) is 5.10 Å². The maximum atomic E-state index is 11.8. The van der Waals surface area contributed by atoms with Crippen molar-refractivity contribution in [2.24, 2.45) is 7.05 Å². The highest BCUT2D eigenvalue weighted by atomic mass is 16.2. The summed E-state index contributed by atoms with van der Waals surface area (Å²) in [6, 6.07) is 5.75. The van der Waals surface area contributed by atoms with Crippen LogP contribution in [0.2, 0.25) is 0 Å². The number of fused-ring (bicyclic) bond motifs is 1. The predicted octanol–water partition coefficient (Wildman–Crippen LogP) is 1.95. The quantitative estimate of drug-likeness (QED) is 0.863. The van der Waals surface area contributed by atoms with Gasteiger partial charge in [0.25, 0.3) is 0 Å². The molecule has 2 N–H and O–H groups in total. The second-order valence-corrected chi connectivity index (χ2v) is 4.69. The Morgan fingerprint density at radius 1 is 1.26 bits per heavy atom. The number of aryl methyl sites for hydroxylation is 3. The molecular formula is C13H15N5O. The van der Waals surface area contributed by atoms with E-state index in [0.717, 1.165) is 18.5 Å². The van der Waals surface area contributed by atoms with Crippen molar-refractivity contribution in [2.45, 2.75) is 19.3 Å². The van der Waals surface area contributed by atoms with Gasteiger partial charge in [0.2, 0.25) is 0 Å². The average Bonchev–Trinajstić information content (AvgIpc) is 2.97. The Hall–Kier alpha value is -2.37. The minimum Gasteiger partial charge on any atom is -0.308 e. The molecular weight excluding hydrogens is 242 g/mol. The molecule has 2 aromatic rings. The molecule has 0 spiro atoms. The van der Waals surface area contributed by atoms with Crippen LogP contribution in [0.3, 0.4) is 0 Å². The molecule has 0 fully saturated rings. The first-order valence-corrected chi connectivity index (χ1v) is 6.27. The molecule has 6 nitrogen and oxygen atoms in total. The zero-order valence-electron chi connectivity index (χ0n) is 10.7. The summed E-state index contributed by atoms with van der Waals surface area (Å²) in [6.07, 6.45) is 5.07. The van der Waals surface area contributed by atoms with E-state index in [2.05, 4.69) is 27.0 Å². The molecule has 0 unspecified atom stereocenters. The van der Waals surface area contributed by atoms with Crippen molar-refractivity contribution in [1.29, 1.82) is 0 Å². The van der Waals surface area contributed by atoms with E-state index >= 15 is 0 Å². The van der Waals surface area contributed by atoms with Crippen molar-refractivity contribution in [3.8, 4) is 0 Å². The monoisotopic (exact) mass is 257 g/mol. The molecule has 1 heterocycles. The molecule has 3 rings (SSSR count). The minimum absolute atomic E-state index is 0.307. The molecule has 1 aromatic carbocycles. The Labute approximate surface area is 110 Å². The molecule has 1 aromatic heterocycles. The summed E-state index contributed by atoms with van der Waals surface area (Å²) >= 11 is 0. The van der Waals surface area contributed by atoms with Crippen LogP contribution < -0.4 is 10.6 Å². The summed E-state index contributed by atoms with van der Waals surface area (Å²) in [4.78, 5) is 11.8. The molecule has 0 radical (unpaired) electrons. The lowest BCUT2D eigenvalue weighted by Gasteiger charge is -2.07. The van der Waals surface area contributed by atoms with Crippen molar-refractivity contribution < 1.29 is 4.79 Å². The molecule has 0 saturated heterocycles. The number of nitrogens with zero attached hydrogens (tertiary/aromatic N) is 3. The number of aromatic nitrogens is 3. The van der Waals surface area contributed by atoms with Crippen LogP contribution in [0, 0.1) is 0 Å². The molecule has 2 amide bonds. The second-order valence-electron chi connectivity index (χ2n) is 4.69. The maximum Gasteiger partial charge on any atom is 0.324 e. The van der Waals surface area contributed by atoms with Gasteiger partial charge in [-0.2, -0.15) is 0 Å². The lowest BCUT2D eigenvalue weighted by atomic mass is 10.1. The molecule has 1 aliphatic carbocycles. The maximum absolute atomic E-state index is 11.8. The van der Waals surface area contributed by atoms with Gasteiger partial charge in [0.1, 0.15) is 0 Å². The van der Waals surface area contributed by atoms with Crippen LogP contribution in [-0.4, -0.2) is 21.0 Å². The molecule has 0 bridgehead atoms. The largest absolute Gasteiger partial charge is 0.324 e. The van der Waals surface area contributed by atoms with E-state index in [-0.39, 0.29) is 6.03 Å². The van der Waals surface area contributed by atoms with Crippen molar-refractivity contribution >= 4 is 17.5 Å². The second kappa shape index (κ2) is 4.72. The molecule has 1 aliphatic rings. The van der Waals surface area contributed by atoms with Gasteiger partial charge in [-0.05, 0) is 42.5 Å². The summed E-state index contributed by atoms with van der Waals surface area (Å²) in [5.41, 5.74) is 3.53. The highest BCUT2D eigenvalue weighted by Crippen LogP contribution is 2.24. The van der Waals surface area contributed by atoms with Crippen molar-refractivity contribution in [1.82, 2.24) is 15.0 Å². The third-order valence-corrected chi connectivity index (χ3v) is 3.20. The first-order valence-electron chi connectivity index (χ1n) is 6.27. The van der Waals surface area contributed by atoms with Crippen LogP contribution in [0.25, 0.3) is 0 Å². The van der Waals surface area contributed by atoms with Crippen LogP contribution >= 0.6 is 0 Å². The van der Waals surface area contributed by atoms with Gasteiger partial charge in [0.05, 0.1) is 6.20 Å². The predicted molar refractivity (Wildman–Crippen MR) is 72.1 cm³/mol. The van der Waals surface area contributed by atoms with Crippen LogP contribution in [0.1, 0.15) is 17.5 Å². The lowest BCUT2D eigenvalue weighted by Crippen LogP contribution is -2.19. The zero-order valence-corrected chi connectivity index (χ0v) is 10.7. The SMILES string of the molecule is Cn1cc(NC(=O)Nc2ccc3c(c2)CCC3)nn1. The Morgan fingerprint density at radius 3 is 2.89 bits per heavy atom. The number of urea groups is 1. The number of amides is 2. The van der Waals surface area contributed by atoms with E-state index in [4.69, 9.17) is 0 Å². The Bertz CT molecular complexity index is 619. The van der Waals surface area contributed by atoms with Gasteiger partial charge in [-0.3, -0.25) is 10.00 Å². The van der Waals surface area contributed by atoms with E-state index in [1.807, 2.05) is 12.1 Å². The molecule has 0 aliphatic heterocycles. The number of hydrogen-bond acceptors (Lipinski definition) is 3. The number of anilines is 2. The van der Waals surface area contributed by atoms with E-state index in [1.54, 1.807) is 13.2 Å². The van der Waals surface area contributed by atoms with Gasteiger partial charge in [0, 0.05) is 12.7 Å². The number of carbonyl (C=O) groups is 1. The standard InChI is InChI=1S/C13H15N5O/c1-18-8-12(16-17-18)15-13(19)14-11-6-5-9-3-2-4-10(9)7-11/h5-8H,2-4H2,1H3,(H2,14,15,19). The van der Waals surface area contributed by atoms with Crippen molar-refractivity contribution in [2.75, 3.05) is 10.6 Å². The van der Waals surface area contributed by atoms with Gasteiger partial charge >= 0.3 is 6.03 Å². The molecule has 98 valence electrons. The number of rotatable bonds is 2. The summed E-state index contributed by atoms with van der Waals surface area (Å²) in [5, 5.41) is 13.0. The van der Waals surface area contributed by atoms with Gasteiger partial charge < -0.3 is 5.32 Å². The Kier molecular flexibility index (Phi) is 2.91. The minimum atomic E-state index is -0.307. The Morgan fingerprint density at radius 2 is 2.11 bits per heavy atom. The topological polar surface area (TPSA) is 71.8 Å². The molecule has 0 saturated carbocycles. The average molecular weight is 257 g/mol. The first kappa shape index (κ1) is 11.7. The van der Waals surface area contributed by atoms with Crippen LogP contribution in [0.15, 0.2) is 24.4 Å². The molecule has 19 heavy (non-hydrogen) atoms. The summed E-state index contributed by atoms with van der Waals surface area (Å²) in [7, 11) is 1.75. The molecule has 6 heteroatoms. The van der Waals surface area contributed by atoms with E-state index in [0.29, 0.717) is 5.82 Å². The Balaban J connectivity index is 1.66. The lowest BCUT2D eigenvalue weighted by molar-refractivity contribution is 0.262. The van der Waals surface area contributed by atoms with Crippen LogP contribution in [0.5, 0.6) is 0 Å². The highest BCUT2D eigenvalue weighted by Gasteiger charge is 2.12. The summed E-state index contributed by atoms with van der Waals surface area (Å²) in [5.74, 6) is 0.432. The van der Waals surface area contributed by atoms with E-state index in [1.165, 1.54) is 22.2 Å². The fourth-order valence-corrected chi connectivity index (χ4v) is 2.33. The number of nitrogens with one attached hydrogen (secondary N) is 2.